The predicted molar refractivity (Wildman–Crippen MR) is 192 cm³/mol. The van der Waals surface area contributed by atoms with E-state index < -0.39 is 45.7 Å². The van der Waals surface area contributed by atoms with Gasteiger partial charge in [-0.25, -0.2) is 0 Å². The van der Waals surface area contributed by atoms with Crippen LogP contribution in [0.5, 0.6) is 0 Å². The van der Waals surface area contributed by atoms with E-state index >= 15 is 0 Å². The normalized spacial score (nSPS) is 19.6. The minimum Gasteiger partial charge on any atom is -0.465 e. The van der Waals surface area contributed by atoms with Gasteiger partial charge in [-0.15, -0.1) is 0 Å². The number of carbonyl (C=O) groups is 3. The Morgan fingerprint density at radius 2 is 1.10 bits per heavy atom. The fraction of sp³-hybridized carbons (Fsp3) is 0.537. The number of benzene rings is 4. The minimum atomic E-state index is -1.48. The Bertz CT molecular complexity index is 1820. The lowest BCUT2D eigenvalue weighted by molar-refractivity contribution is -0.282. The minimum absolute atomic E-state index is 0.0930. The molecule has 0 aromatic heterocycles. The lowest BCUT2D eigenvalue weighted by Crippen LogP contribution is -2.51. The number of aryl methyl sites for hydroxylation is 1. The molecule has 0 amide bonds. The van der Waals surface area contributed by atoms with Crippen LogP contribution in [0.25, 0.3) is 32.3 Å². The average Bonchev–Trinajstić information content (AvgIpc) is 3.11. The summed E-state index contributed by atoms with van der Waals surface area (Å²) in [7, 11) is 0. The molecular weight excluding hydrogens is 652 g/mol. The predicted octanol–water partition coefficient (Wildman–Crippen LogP) is 7.12. The SMILES string of the molecule is CC1(C)OCC(C)(C(=O)OCC(C)(COC(=O)C2(C)COC(C)(C)OC2)C(=O)OCCCCc2ccc3ccc4cccc5ccc2c3c45)CO1. The van der Waals surface area contributed by atoms with Gasteiger partial charge >= 0.3 is 17.9 Å². The van der Waals surface area contributed by atoms with E-state index in [1.54, 1.807) is 48.5 Å². The molecule has 0 N–H and O–H groups in total. The second-order valence-electron chi connectivity index (χ2n) is 16.0. The van der Waals surface area contributed by atoms with Gasteiger partial charge in [0.15, 0.2) is 11.6 Å². The van der Waals surface area contributed by atoms with E-state index in [4.69, 9.17) is 33.2 Å². The summed E-state index contributed by atoms with van der Waals surface area (Å²) in [4.78, 5) is 40.2. The Morgan fingerprint density at radius 1 is 0.627 bits per heavy atom. The van der Waals surface area contributed by atoms with Gasteiger partial charge in [-0.2, -0.15) is 0 Å². The number of hydrogen-bond donors (Lipinski definition) is 0. The van der Waals surface area contributed by atoms with Crippen LogP contribution in [-0.4, -0.2) is 75.7 Å². The van der Waals surface area contributed by atoms with Gasteiger partial charge in [-0.05, 0) is 106 Å². The molecule has 0 spiro atoms. The van der Waals surface area contributed by atoms with Gasteiger partial charge in [0.05, 0.1) is 33.0 Å². The lowest BCUT2D eigenvalue weighted by atomic mass is 9.89. The van der Waals surface area contributed by atoms with Crippen molar-refractivity contribution >= 4 is 50.2 Å². The zero-order valence-electron chi connectivity index (χ0n) is 30.8. The number of carbonyl (C=O) groups excluding carboxylic acids is 3. The van der Waals surface area contributed by atoms with E-state index in [9.17, 15) is 14.4 Å². The third-order valence-corrected chi connectivity index (χ3v) is 10.2. The molecule has 0 atom stereocenters. The average molecular weight is 703 g/mol. The number of ether oxygens (including phenoxy) is 7. The maximum absolute atomic E-state index is 13.7. The van der Waals surface area contributed by atoms with Gasteiger partial charge < -0.3 is 33.2 Å². The molecule has 6 rings (SSSR count). The first-order valence-corrected chi connectivity index (χ1v) is 17.8. The standard InChI is InChI=1S/C41H50O10/c1-37(2)48-23-40(6,24-49-37)35(43)46-21-39(5,22-47-36(44)41(7)25-50-38(3,4)51-26-41)34(42)45-20-9-8-11-27-14-15-30-17-16-28-12-10-13-29-18-19-31(27)33(30)32(28)29/h10,12-19H,8-9,11,20-26H2,1-7H3. The quantitative estimate of drug-likeness (QED) is 0.0654. The van der Waals surface area contributed by atoms with Gasteiger partial charge in [0, 0.05) is 0 Å². The van der Waals surface area contributed by atoms with Crippen molar-refractivity contribution in [1.82, 2.24) is 0 Å². The second kappa shape index (κ2) is 14.0. The van der Waals surface area contributed by atoms with Crippen molar-refractivity contribution in [2.45, 2.75) is 79.3 Å². The van der Waals surface area contributed by atoms with Crippen molar-refractivity contribution in [1.29, 1.82) is 0 Å². The maximum Gasteiger partial charge on any atom is 0.318 e. The highest BCUT2D eigenvalue weighted by Crippen LogP contribution is 2.37. The highest BCUT2D eigenvalue weighted by molar-refractivity contribution is 6.23. The third-order valence-electron chi connectivity index (χ3n) is 10.2. The second-order valence-corrected chi connectivity index (χ2v) is 16.0. The molecule has 0 unspecified atom stereocenters. The van der Waals surface area contributed by atoms with Crippen LogP contribution in [0.3, 0.4) is 0 Å². The summed E-state index contributed by atoms with van der Waals surface area (Å²) in [5.41, 5.74) is -2.37. The maximum atomic E-state index is 13.7. The van der Waals surface area contributed by atoms with E-state index in [1.165, 1.54) is 37.9 Å². The molecule has 10 nitrogen and oxygen atoms in total. The molecule has 0 bridgehead atoms. The molecule has 2 aliphatic heterocycles. The van der Waals surface area contributed by atoms with Crippen molar-refractivity contribution in [3.05, 3.63) is 60.2 Å². The molecule has 2 heterocycles. The highest BCUT2D eigenvalue weighted by atomic mass is 16.7. The summed E-state index contributed by atoms with van der Waals surface area (Å²) in [6, 6.07) is 19.5. The highest BCUT2D eigenvalue weighted by Gasteiger charge is 2.48. The van der Waals surface area contributed by atoms with E-state index in [0.29, 0.717) is 6.42 Å². The summed E-state index contributed by atoms with van der Waals surface area (Å²) in [6.45, 7) is 11.8. The summed E-state index contributed by atoms with van der Waals surface area (Å²) in [5.74, 6) is -3.43. The van der Waals surface area contributed by atoms with Crippen LogP contribution in [0.4, 0.5) is 0 Å². The molecule has 0 saturated carbocycles. The number of esters is 3. The van der Waals surface area contributed by atoms with Crippen molar-refractivity contribution in [3.63, 3.8) is 0 Å². The van der Waals surface area contributed by atoms with E-state index in [-0.39, 0.29) is 46.2 Å². The van der Waals surface area contributed by atoms with Crippen molar-refractivity contribution < 1.29 is 47.5 Å². The molecule has 51 heavy (non-hydrogen) atoms. The topological polar surface area (TPSA) is 116 Å². The van der Waals surface area contributed by atoms with Crippen molar-refractivity contribution in [2.75, 3.05) is 46.2 Å². The van der Waals surface area contributed by atoms with Gasteiger partial charge in [-0.1, -0.05) is 54.6 Å². The third kappa shape index (κ3) is 7.84. The Morgan fingerprint density at radius 3 is 1.63 bits per heavy atom. The monoisotopic (exact) mass is 702 g/mol. The number of rotatable bonds is 12. The molecule has 0 radical (unpaired) electrons. The van der Waals surface area contributed by atoms with Crippen LogP contribution < -0.4 is 0 Å². The van der Waals surface area contributed by atoms with Crippen LogP contribution in [0.15, 0.2) is 54.6 Å². The summed E-state index contributed by atoms with van der Waals surface area (Å²) < 4.78 is 40.0. The first-order chi connectivity index (χ1) is 24.0. The molecule has 4 aromatic carbocycles. The molecule has 10 heteroatoms. The van der Waals surface area contributed by atoms with Crippen LogP contribution in [0.2, 0.25) is 0 Å². The Balaban J connectivity index is 1.08. The van der Waals surface area contributed by atoms with Crippen LogP contribution >= 0.6 is 0 Å². The lowest BCUT2D eigenvalue weighted by Gasteiger charge is -2.40. The summed E-state index contributed by atoms with van der Waals surface area (Å²) in [5, 5.41) is 7.48. The smallest absolute Gasteiger partial charge is 0.318 e. The van der Waals surface area contributed by atoms with Crippen LogP contribution in [-0.2, 0) is 54.0 Å². The summed E-state index contributed by atoms with van der Waals surface area (Å²) >= 11 is 0. The largest absolute Gasteiger partial charge is 0.465 e. The van der Waals surface area contributed by atoms with E-state index in [2.05, 4.69) is 54.6 Å². The zero-order valence-corrected chi connectivity index (χ0v) is 30.8. The van der Waals surface area contributed by atoms with Gasteiger partial charge in [0.2, 0.25) is 0 Å². The zero-order chi connectivity index (χ0) is 36.7. The number of hydrogen-bond acceptors (Lipinski definition) is 10. The van der Waals surface area contributed by atoms with Crippen LogP contribution in [0, 0.1) is 16.2 Å². The summed E-state index contributed by atoms with van der Waals surface area (Å²) in [6.07, 6.45) is 2.23. The van der Waals surface area contributed by atoms with E-state index in [1.807, 2.05) is 0 Å². The molecule has 274 valence electrons. The van der Waals surface area contributed by atoms with E-state index in [0.717, 1.165) is 12.8 Å². The Labute approximate surface area is 299 Å². The number of unbranched alkanes of at least 4 members (excludes halogenated alkanes) is 1. The fourth-order valence-electron chi connectivity index (χ4n) is 6.46. The van der Waals surface area contributed by atoms with Crippen LogP contribution in [0.1, 0.15) is 66.9 Å². The Hall–Kier alpha value is -3.83. The molecule has 0 aliphatic carbocycles. The van der Waals surface area contributed by atoms with Crippen molar-refractivity contribution in [3.8, 4) is 0 Å². The first-order valence-electron chi connectivity index (χ1n) is 17.8. The molecule has 2 fully saturated rings. The van der Waals surface area contributed by atoms with Crippen molar-refractivity contribution in [2.24, 2.45) is 16.2 Å². The Kier molecular flexibility index (Phi) is 10.1. The molecular formula is C41H50O10. The molecule has 2 saturated heterocycles. The molecule has 2 aliphatic rings. The molecule has 4 aromatic rings. The van der Waals surface area contributed by atoms with Gasteiger partial charge in [0.25, 0.3) is 0 Å². The first kappa shape index (κ1) is 36.9. The van der Waals surface area contributed by atoms with Gasteiger partial charge in [0.1, 0.15) is 29.5 Å². The van der Waals surface area contributed by atoms with Gasteiger partial charge in [-0.3, -0.25) is 14.4 Å². The fourth-order valence-corrected chi connectivity index (χ4v) is 6.46.